The van der Waals surface area contributed by atoms with Crippen LogP contribution in [0.5, 0.6) is 17.6 Å². The highest BCUT2D eigenvalue weighted by molar-refractivity contribution is 6.30. The number of methoxy groups -OCH3 is 1. The van der Waals surface area contributed by atoms with Gasteiger partial charge in [-0.3, -0.25) is 0 Å². The molecule has 0 fully saturated rings. The van der Waals surface area contributed by atoms with E-state index in [4.69, 9.17) is 25.5 Å². The van der Waals surface area contributed by atoms with Crippen molar-refractivity contribution < 1.29 is 18.3 Å². The van der Waals surface area contributed by atoms with Crippen LogP contribution < -0.4 is 15.2 Å². The van der Waals surface area contributed by atoms with Crippen LogP contribution in [-0.2, 0) is 0 Å². The molecule has 1 aromatic heterocycles. The molecule has 0 radical (unpaired) electrons. The second-order valence-electron chi connectivity index (χ2n) is 4.40. The average molecular weight is 337 g/mol. The summed E-state index contributed by atoms with van der Waals surface area (Å²) in [4.78, 5) is 11.8. The summed E-state index contributed by atoms with van der Waals surface area (Å²) in [6.07, 6.45) is -0.320. The third kappa shape index (κ3) is 3.04. The van der Waals surface area contributed by atoms with Gasteiger partial charge in [-0.05, 0) is 36.4 Å². The Balaban J connectivity index is 1.91. The molecule has 0 bridgehead atoms. The molecule has 0 amide bonds. The Kier molecular flexibility index (Phi) is 4.03. The molecule has 0 aliphatic heterocycles. The van der Waals surface area contributed by atoms with Crippen LogP contribution in [0.15, 0.2) is 51.7 Å². The van der Waals surface area contributed by atoms with Gasteiger partial charge in [-0.1, -0.05) is 22.8 Å². The molecule has 0 N–H and O–H groups in total. The summed E-state index contributed by atoms with van der Waals surface area (Å²) in [6.45, 7) is 0. The summed E-state index contributed by atoms with van der Waals surface area (Å²) in [5.41, 5.74) is -0.129. The molecule has 2 aromatic carbocycles. The normalized spacial score (nSPS) is 10.6. The number of ether oxygens (including phenoxy) is 2. The van der Waals surface area contributed by atoms with Gasteiger partial charge in [0.05, 0.1) is 12.1 Å². The van der Waals surface area contributed by atoms with Crippen LogP contribution in [0.25, 0.3) is 5.69 Å². The molecule has 0 aliphatic carbocycles. The molecule has 0 atom stereocenters. The molecule has 118 valence electrons. The molecular weight excluding hydrogens is 327 g/mol. The molecule has 1 heterocycles. The van der Waals surface area contributed by atoms with Gasteiger partial charge in [-0.25, -0.2) is 9.18 Å². The van der Waals surface area contributed by atoms with Crippen molar-refractivity contribution in [3.63, 3.8) is 0 Å². The van der Waals surface area contributed by atoms with Crippen molar-refractivity contribution in [1.82, 2.24) is 9.78 Å². The van der Waals surface area contributed by atoms with Gasteiger partial charge in [0, 0.05) is 0 Å². The summed E-state index contributed by atoms with van der Waals surface area (Å²) in [6, 6.07) is 10.8. The summed E-state index contributed by atoms with van der Waals surface area (Å²) in [5.74, 6) is -0.647. The van der Waals surface area contributed by atoms with Gasteiger partial charge < -0.3 is 13.9 Å². The summed E-state index contributed by atoms with van der Waals surface area (Å²) >= 11 is 5.69. The molecule has 0 saturated heterocycles. The zero-order valence-corrected chi connectivity index (χ0v) is 12.6. The van der Waals surface area contributed by atoms with Gasteiger partial charge in [0.1, 0.15) is 17.2 Å². The van der Waals surface area contributed by atoms with Crippen LogP contribution in [-0.4, -0.2) is 16.9 Å². The van der Waals surface area contributed by atoms with E-state index in [1.807, 2.05) is 0 Å². The van der Waals surface area contributed by atoms with E-state index in [1.165, 1.54) is 25.3 Å². The fourth-order valence-electron chi connectivity index (χ4n) is 1.85. The van der Waals surface area contributed by atoms with Crippen molar-refractivity contribution in [2.24, 2.45) is 0 Å². The molecule has 0 saturated carbocycles. The lowest BCUT2D eigenvalue weighted by Crippen LogP contribution is -2.14. The van der Waals surface area contributed by atoms with Crippen LogP contribution in [0.4, 0.5) is 4.39 Å². The number of hydrogen-bond acceptors (Lipinski definition) is 5. The average Bonchev–Trinajstić information content (AvgIpc) is 2.91. The maximum absolute atomic E-state index is 14.0. The number of rotatable bonds is 4. The first-order chi connectivity index (χ1) is 11.1. The zero-order chi connectivity index (χ0) is 16.4. The maximum atomic E-state index is 14.0. The molecule has 6 nitrogen and oxygen atoms in total. The molecule has 3 aromatic rings. The fraction of sp³-hybridized carbons (Fsp3) is 0.0667. The molecular formula is C15H10ClFN2O4. The van der Waals surface area contributed by atoms with Crippen molar-refractivity contribution in [1.29, 1.82) is 0 Å². The Morgan fingerprint density at radius 2 is 1.87 bits per heavy atom. The van der Waals surface area contributed by atoms with E-state index in [0.29, 0.717) is 11.5 Å². The smallest absolute Gasteiger partial charge is 0.444 e. The summed E-state index contributed by atoms with van der Waals surface area (Å²) in [5, 5.41) is 3.68. The second kappa shape index (κ2) is 6.13. The van der Waals surface area contributed by atoms with E-state index < -0.39 is 11.6 Å². The maximum Gasteiger partial charge on any atom is 0.444 e. The van der Waals surface area contributed by atoms with Gasteiger partial charge >= 0.3 is 11.8 Å². The summed E-state index contributed by atoms with van der Waals surface area (Å²) < 4.78 is 29.9. The summed E-state index contributed by atoms with van der Waals surface area (Å²) in [7, 11) is 1.54. The molecule has 8 heteroatoms. The molecule has 0 unspecified atom stereocenters. The largest absolute Gasteiger partial charge is 0.497 e. The van der Waals surface area contributed by atoms with E-state index in [-0.39, 0.29) is 16.8 Å². The third-order valence-electron chi connectivity index (χ3n) is 2.95. The van der Waals surface area contributed by atoms with E-state index in [1.54, 1.807) is 24.3 Å². The Bertz CT molecular complexity index is 889. The standard InChI is InChI=1S/C15H10ClFN2O4/c1-21-9-5-7-10(8-6-9)22-14-18-19(15(20)23-14)12-4-2-3-11(16)13(12)17/h2-8H,1H3. The Morgan fingerprint density at radius 3 is 2.57 bits per heavy atom. The van der Waals surface area contributed by atoms with Gasteiger partial charge in [-0.15, -0.1) is 0 Å². The van der Waals surface area contributed by atoms with E-state index >= 15 is 0 Å². The lowest BCUT2D eigenvalue weighted by Gasteiger charge is -2.02. The van der Waals surface area contributed by atoms with Crippen molar-refractivity contribution >= 4 is 11.6 Å². The first-order valence-corrected chi connectivity index (χ1v) is 6.83. The Labute approximate surface area is 134 Å². The number of aromatic nitrogens is 2. The van der Waals surface area contributed by atoms with E-state index in [0.717, 1.165) is 4.68 Å². The number of nitrogens with zero attached hydrogens (tertiary/aromatic N) is 2. The van der Waals surface area contributed by atoms with Gasteiger partial charge in [0.15, 0.2) is 5.82 Å². The minimum Gasteiger partial charge on any atom is -0.497 e. The van der Waals surface area contributed by atoms with Gasteiger partial charge in [0.25, 0.3) is 0 Å². The van der Waals surface area contributed by atoms with E-state index in [9.17, 15) is 9.18 Å². The number of hydrogen-bond donors (Lipinski definition) is 0. The Morgan fingerprint density at radius 1 is 1.17 bits per heavy atom. The van der Waals surface area contributed by atoms with E-state index in [2.05, 4.69) is 5.10 Å². The van der Waals surface area contributed by atoms with Crippen LogP contribution in [0, 0.1) is 5.82 Å². The monoisotopic (exact) mass is 336 g/mol. The van der Waals surface area contributed by atoms with Crippen molar-refractivity contribution in [3.05, 3.63) is 63.9 Å². The fourth-order valence-corrected chi connectivity index (χ4v) is 2.02. The molecule has 3 rings (SSSR count). The number of halogens is 2. The third-order valence-corrected chi connectivity index (χ3v) is 3.25. The molecule has 23 heavy (non-hydrogen) atoms. The highest BCUT2D eigenvalue weighted by Crippen LogP contribution is 2.23. The lowest BCUT2D eigenvalue weighted by molar-refractivity contribution is 0.319. The zero-order valence-electron chi connectivity index (χ0n) is 11.8. The quantitative estimate of drug-likeness (QED) is 0.730. The first-order valence-electron chi connectivity index (χ1n) is 6.45. The van der Waals surface area contributed by atoms with Crippen molar-refractivity contribution in [3.8, 4) is 23.3 Å². The van der Waals surface area contributed by atoms with Gasteiger partial charge in [-0.2, -0.15) is 4.68 Å². The van der Waals surface area contributed by atoms with Crippen LogP contribution in [0.1, 0.15) is 0 Å². The minimum absolute atomic E-state index is 0.129. The van der Waals surface area contributed by atoms with Crippen LogP contribution in [0.2, 0.25) is 5.02 Å². The molecule has 0 aliphatic rings. The molecule has 0 spiro atoms. The van der Waals surface area contributed by atoms with Gasteiger partial charge in [0.2, 0.25) is 0 Å². The first kappa shape index (κ1) is 15.1. The SMILES string of the molecule is COc1ccc(Oc2nn(-c3cccc(Cl)c3F)c(=O)o2)cc1. The minimum atomic E-state index is -0.894. The topological polar surface area (TPSA) is 66.5 Å². The number of benzene rings is 2. The predicted molar refractivity (Wildman–Crippen MR) is 80.1 cm³/mol. The highest BCUT2D eigenvalue weighted by Gasteiger charge is 2.16. The van der Waals surface area contributed by atoms with Crippen molar-refractivity contribution in [2.45, 2.75) is 0 Å². The van der Waals surface area contributed by atoms with Crippen LogP contribution in [0.3, 0.4) is 0 Å². The Hall–Kier alpha value is -2.80. The highest BCUT2D eigenvalue weighted by atomic mass is 35.5. The lowest BCUT2D eigenvalue weighted by atomic mass is 10.3. The van der Waals surface area contributed by atoms with Crippen LogP contribution >= 0.6 is 11.6 Å². The van der Waals surface area contributed by atoms with Crippen molar-refractivity contribution in [2.75, 3.05) is 7.11 Å². The second-order valence-corrected chi connectivity index (χ2v) is 4.80. The predicted octanol–water partition coefficient (Wildman–Crippen LogP) is 3.42.